The third kappa shape index (κ3) is 7.87. The van der Waals surface area contributed by atoms with E-state index in [1.165, 1.54) is 0 Å². The number of carbonyl (C=O) groups is 2. The number of aryl methyl sites for hydroxylation is 2. The first-order chi connectivity index (χ1) is 19.7. The summed E-state index contributed by atoms with van der Waals surface area (Å²) in [5.74, 6) is -2.55. The molecule has 10 atom stereocenters. The Kier molecular flexibility index (Phi) is 13.8. The number of aromatic hydroxyl groups is 1. The van der Waals surface area contributed by atoms with Gasteiger partial charge >= 0.3 is 35.5 Å². The van der Waals surface area contributed by atoms with Crippen LogP contribution in [0.1, 0.15) is 115 Å². The van der Waals surface area contributed by atoms with E-state index in [1.807, 2.05) is 27.7 Å². The first kappa shape index (κ1) is 38.2. The standard InChI is InChI=1S/C34H54O8.Na/c1-9-25(31-21(6)18-34(11-3,42-31)26-16-17-33(40,10-2)23(8)41-26)30(37)22(7)28(35)19(4)12-14-24-15-13-20(5)29(36)27(24)32(38)39;/h13,15,19,21-23,25-26,28,31,35-36,40H,9-12,14,16-18H2,1-8H3,(H,38,39);/q;+1/t19-,21+,22+,23+,25+,26-,28+,31+,33-,34+;/m1./s1. The van der Waals surface area contributed by atoms with Gasteiger partial charge in [-0.05, 0) is 88.2 Å². The number of benzene rings is 1. The number of ketones is 1. The number of hydrogen-bond donors (Lipinski definition) is 4. The molecule has 0 unspecified atom stereocenters. The van der Waals surface area contributed by atoms with Crippen molar-refractivity contribution in [1.29, 1.82) is 0 Å². The summed E-state index contributed by atoms with van der Waals surface area (Å²) < 4.78 is 13.2. The second-order valence-corrected chi connectivity index (χ2v) is 13.2. The Bertz CT molecular complexity index is 1110. The van der Waals surface area contributed by atoms with Gasteiger partial charge in [0.2, 0.25) is 0 Å². The molecule has 2 aliphatic heterocycles. The zero-order valence-corrected chi connectivity index (χ0v) is 29.9. The Morgan fingerprint density at radius 3 is 2.30 bits per heavy atom. The van der Waals surface area contributed by atoms with Crippen LogP contribution in [0.3, 0.4) is 0 Å². The van der Waals surface area contributed by atoms with Gasteiger partial charge in [0.25, 0.3) is 0 Å². The predicted octanol–water partition coefficient (Wildman–Crippen LogP) is 2.85. The largest absolute Gasteiger partial charge is 1.00 e. The van der Waals surface area contributed by atoms with Gasteiger partial charge in [0, 0.05) is 11.8 Å². The van der Waals surface area contributed by atoms with Crippen LogP contribution in [-0.4, -0.2) is 67.8 Å². The molecule has 1 aromatic carbocycles. The third-order valence-electron chi connectivity index (χ3n) is 10.7. The van der Waals surface area contributed by atoms with E-state index in [4.69, 9.17) is 9.47 Å². The Morgan fingerprint density at radius 1 is 1.12 bits per heavy atom. The number of ether oxygens (including phenoxy) is 2. The molecule has 2 aliphatic rings. The van der Waals surface area contributed by atoms with Crippen LogP contribution in [0.5, 0.6) is 5.75 Å². The molecule has 2 saturated heterocycles. The maximum atomic E-state index is 13.9. The number of Topliss-reactive ketones (excluding diaryl/α,β-unsaturated/α-hetero) is 1. The van der Waals surface area contributed by atoms with Crippen molar-refractivity contribution in [1.82, 2.24) is 0 Å². The van der Waals surface area contributed by atoms with Crippen molar-refractivity contribution in [3.8, 4) is 5.75 Å². The van der Waals surface area contributed by atoms with Crippen LogP contribution in [-0.2, 0) is 20.7 Å². The summed E-state index contributed by atoms with van der Waals surface area (Å²) in [7, 11) is 0. The first-order valence-corrected chi connectivity index (χ1v) is 16.0. The van der Waals surface area contributed by atoms with Gasteiger partial charge in [-0.3, -0.25) is 4.79 Å². The fourth-order valence-electron chi connectivity index (χ4n) is 7.45. The van der Waals surface area contributed by atoms with Crippen LogP contribution < -0.4 is 29.6 Å². The van der Waals surface area contributed by atoms with E-state index in [-0.39, 0.29) is 82.7 Å². The zero-order valence-electron chi connectivity index (χ0n) is 27.9. The van der Waals surface area contributed by atoms with E-state index in [0.717, 1.165) is 12.8 Å². The van der Waals surface area contributed by atoms with E-state index < -0.39 is 29.2 Å². The van der Waals surface area contributed by atoms with E-state index in [9.17, 15) is 30.0 Å². The Balaban J connectivity index is 0.00000645. The topological polar surface area (TPSA) is 134 Å². The van der Waals surface area contributed by atoms with Gasteiger partial charge in [-0.15, -0.1) is 0 Å². The number of aliphatic hydroxyl groups is 2. The molecule has 0 aromatic heterocycles. The van der Waals surface area contributed by atoms with Gasteiger partial charge in [-0.25, -0.2) is 4.79 Å². The smallest absolute Gasteiger partial charge is 0.507 e. The molecule has 238 valence electrons. The van der Waals surface area contributed by atoms with Gasteiger partial charge in [0.15, 0.2) is 0 Å². The van der Waals surface area contributed by atoms with Crippen molar-refractivity contribution < 1.29 is 69.0 Å². The van der Waals surface area contributed by atoms with E-state index in [1.54, 1.807) is 26.0 Å². The summed E-state index contributed by atoms with van der Waals surface area (Å²) in [6, 6.07) is 3.40. The summed E-state index contributed by atoms with van der Waals surface area (Å²) in [5.41, 5.74) is -0.437. The number of aliphatic hydroxyl groups excluding tert-OH is 1. The number of aromatic carboxylic acids is 1. The Hall–Kier alpha value is -1.00. The third-order valence-corrected chi connectivity index (χ3v) is 10.7. The van der Waals surface area contributed by atoms with Crippen molar-refractivity contribution >= 4 is 11.8 Å². The molecular weight excluding hydrogens is 559 g/mol. The van der Waals surface area contributed by atoms with Crippen molar-refractivity contribution in [2.24, 2.45) is 23.7 Å². The summed E-state index contributed by atoms with van der Waals surface area (Å²) in [5, 5.41) is 42.1. The molecule has 4 N–H and O–H groups in total. The molecule has 2 heterocycles. The molecule has 43 heavy (non-hydrogen) atoms. The average Bonchev–Trinajstić information content (AvgIpc) is 3.31. The van der Waals surface area contributed by atoms with Crippen LogP contribution >= 0.6 is 0 Å². The van der Waals surface area contributed by atoms with Gasteiger partial charge in [0.05, 0.1) is 35.6 Å². The second kappa shape index (κ2) is 15.5. The molecule has 8 nitrogen and oxygen atoms in total. The van der Waals surface area contributed by atoms with Crippen LogP contribution in [0.2, 0.25) is 0 Å². The quantitative estimate of drug-likeness (QED) is 0.250. The zero-order chi connectivity index (χ0) is 31.6. The molecule has 0 saturated carbocycles. The molecule has 2 fully saturated rings. The van der Waals surface area contributed by atoms with Crippen LogP contribution in [0.15, 0.2) is 12.1 Å². The number of carbonyl (C=O) groups excluding carboxylic acids is 1. The number of hydrogen-bond acceptors (Lipinski definition) is 7. The van der Waals surface area contributed by atoms with Gasteiger partial charge in [-0.2, -0.15) is 0 Å². The summed E-state index contributed by atoms with van der Waals surface area (Å²) >= 11 is 0. The SMILES string of the molecule is CC[C@@H](C(=O)[C@@H](C)[C@@H](O)[C@H](C)CCc1ccc(C)c(O)c1C(=O)O)[C@H]1O[C@](CC)([C@H]2CC[C@](O)(CC)[C@H](C)O2)C[C@@H]1C.[Na+]. The minimum atomic E-state index is -1.18. The summed E-state index contributed by atoms with van der Waals surface area (Å²) in [6.07, 6.45) is 3.34. The molecule has 9 heteroatoms. The maximum Gasteiger partial charge on any atom is 1.00 e. The summed E-state index contributed by atoms with van der Waals surface area (Å²) in [6.45, 7) is 15.4. The number of carboxylic acid groups (broad SMARTS) is 1. The minimum Gasteiger partial charge on any atom is -0.507 e. The predicted molar refractivity (Wildman–Crippen MR) is 162 cm³/mol. The summed E-state index contributed by atoms with van der Waals surface area (Å²) in [4.78, 5) is 25.7. The van der Waals surface area contributed by atoms with Gasteiger partial charge in [0.1, 0.15) is 17.1 Å². The molecule has 0 spiro atoms. The molecule has 3 rings (SSSR count). The molecule has 1 aromatic rings. The molecule has 0 amide bonds. The van der Waals surface area contributed by atoms with Crippen molar-refractivity contribution in [3.63, 3.8) is 0 Å². The van der Waals surface area contributed by atoms with Crippen molar-refractivity contribution in [3.05, 3.63) is 28.8 Å². The second-order valence-electron chi connectivity index (χ2n) is 13.2. The monoisotopic (exact) mass is 613 g/mol. The number of rotatable bonds is 13. The molecule has 0 radical (unpaired) electrons. The van der Waals surface area contributed by atoms with E-state index in [2.05, 4.69) is 13.8 Å². The van der Waals surface area contributed by atoms with E-state index in [0.29, 0.717) is 49.7 Å². The van der Waals surface area contributed by atoms with Crippen LogP contribution in [0.25, 0.3) is 0 Å². The minimum absolute atomic E-state index is 0. The van der Waals surface area contributed by atoms with Gasteiger partial charge < -0.3 is 29.9 Å². The fraction of sp³-hybridized carbons (Fsp3) is 0.765. The average molecular weight is 614 g/mol. The van der Waals surface area contributed by atoms with Crippen LogP contribution in [0.4, 0.5) is 0 Å². The fourth-order valence-corrected chi connectivity index (χ4v) is 7.45. The molecule has 0 bridgehead atoms. The number of carboxylic acids is 1. The normalized spacial score (nSPS) is 32.0. The number of phenols is 1. The molecule has 0 aliphatic carbocycles. The maximum absolute atomic E-state index is 13.9. The molecular formula is C34H54NaO8+. The van der Waals surface area contributed by atoms with Crippen molar-refractivity contribution in [2.45, 2.75) is 142 Å². The van der Waals surface area contributed by atoms with Crippen molar-refractivity contribution in [2.75, 3.05) is 0 Å². The van der Waals surface area contributed by atoms with E-state index >= 15 is 0 Å². The van der Waals surface area contributed by atoms with Crippen LogP contribution in [0, 0.1) is 30.6 Å². The Labute approximate surface area is 280 Å². The first-order valence-electron chi connectivity index (χ1n) is 16.0. The Morgan fingerprint density at radius 2 is 1.77 bits per heavy atom. The van der Waals surface area contributed by atoms with Gasteiger partial charge in [-0.1, -0.05) is 53.7 Å².